The molecule has 2 heterocycles. The van der Waals surface area contributed by atoms with E-state index in [4.69, 9.17) is 13.9 Å². The fourth-order valence-electron chi connectivity index (χ4n) is 3.36. The number of quaternary nitrogens is 1. The van der Waals surface area contributed by atoms with Gasteiger partial charge in [-0.25, -0.2) is 4.79 Å². The molecule has 0 aliphatic carbocycles. The van der Waals surface area contributed by atoms with E-state index in [-0.39, 0.29) is 11.9 Å². The molecule has 2 aromatic carbocycles. The summed E-state index contributed by atoms with van der Waals surface area (Å²) in [6.07, 6.45) is 0.651. The Bertz CT molecular complexity index is 1030. The van der Waals surface area contributed by atoms with Crippen LogP contribution in [0.2, 0.25) is 0 Å². The number of benzene rings is 2. The normalized spacial score (nSPS) is 15.8. The van der Waals surface area contributed by atoms with Crippen LogP contribution in [0.25, 0.3) is 11.0 Å². The van der Waals surface area contributed by atoms with Crippen LogP contribution in [0.15, 0.2) is 51.7 Å². The largest absolute Gasteiger partial charge is 0.508 e. The van der Waals surface area contributed by atoms with Gasteiger partial charge in [0.25, 0.3) is 0 Å². The topological polar surface area (TPSA) is 85.5 Å². The lowest BCUT2D eigenvalue weighted by atomic mass is 10.0. The van der Waals surface area contributed by atoms with Crippen molar-refractivity contribution < 1.29 is 24.3 Å². The Kier molecular flexibility index (Phi) is 4.73. The summed E-state index contributed by atoms with van der Waals surface area (Å²) in [5, 5.41) is 13.0. The van der Waals surface area contributed by atoms with Crippen LogP contribution in [-0.2, 0) is 13.0 Å². The molecule has 3 aromatic rings. The van der Waals surface area contributed by atoms with Crippen molar-refractivity contribution in [2.24, 2.45) is 0 Å². The minimum Gasteiger partial charge on any atom is -0.508 e. The third kappa shape index (κ3) is 3.61. The summed E-state index contributed by atoms with van der Waals surface area (Å²) in [7, 11) is 0. The first-order valence-corrected chi connectivity index (χ1v) is 9.13. The quantitative estimate of drug-likeness (QED) is 0.673. The van der Waals surface area contributed by atoms with Crippen molar-refractivity contribution in [2.45, 2.75) is 26.0 Å². The number of ether oxygens (including phenoxy) is 2. The number of aromatic hydroxyl groups is 1. The Labute approximate surface area is 156 Å². The van der Waals surface area contributed by atoms with E-state index in [2.05, 4.69) is 5.32 Å². The summed E-state index contributed by atoms with van der Waals surface area (Å²) < 4.78 is 16.9. The molecular weight excluding hydrogens is 346 g/mol. The van der Waals surface area contributed by atoms with Crippen molar-refractivity contribution in [1.82, 2.24) is 0 Å². The third-order valence-corrected chi connectivity index (χ3v) is 4.77. The van der Waals surface area contributed by atoms with Crippen LogP contribution in [0.3, 0.4) is 0 Å². The van der Waals surface area contributed by atoms with E-state index in [1.807, 2.05) is 37.3 Å². The molecule has 140 valence electrons. The van der Waals surface area contributed by atoms with Gasteiger partial charge in [0.2, 0.25) is 0 Å². The highest BCUT2D eigenvalue weighted by Crippen LogP contribution is 2.30. The minimum atomic E-state index is -0.416. The molecule has 0 radical (unpaired) electrons. The monoisotopic (exact) mass is 368 g/mol. The van der Waals surface area contributed by atoms with E-state index in [1.165, 1.54) is 12.1 Å². The highest BCUT2D eigenvalue weighted by Gasteiger charge is 2.22. The molecule has 1 atom stereocenters. The number of fused-ring (bicyclic) bond motifs is 2. The standard InChI is InChI=1S/C21H21NO5/c1-2-13-7-16-14(8-21(24)27-20(16)9-17(13)23)10-22-11-15-12-25-18-5-3-4-6-19(18)26-15/h3-9,15,22-23H,2,10-12H2,1H3/p+1/t15-/m1/s1. The molecule has 6 heteroatoms. The number of phenols is 1. The second-order valence-electron chi connectivity index (χ2n) is 6.65. The van der Waals surface area contributed by atoms with Crippen LogP contribution in [-0.4, -0.2) is 24.4 Å². The van der Waals surface area contributed by atoms with E-state index in [1.54, 1.807) is 0 Å². The molecule has 0 saturated carbocycles. The SMILES string of the molecule is CCc1cc2c(C[NH2+]C[C@@H]3COc4ccccc4O3)cc(=O)oc2cc1O. The summed E-state index contributed by atoms with van der Waals surface area (Å²) in [6.45, 7) is 3.79. The first-order chi connectivity index (χ1) is 13.1. The van der Waals surface area contributed by atoms with Gasteiger partial charge < -0.3 is 24.3 Å². The van der Waals surface area contributed by atoms with Gasteiger partial charge in [-0.3, -0.25) is 0 Å². The van der Waals surface area contributed by atoms with Gasteiger partial charge in [-0.15, -0.1) is 0 Å². The Morgan fingerprint density at radius 3 is 2.78 bits per heavy atom. The maximum atomic E-state index is 11.9. The number of rotatable bonds is 5. The summed E-state index contributed by atoms with van der Waals surface area (Å²) in [4.78, 5) is 11.9. The Hall–Kier alpha value is -2.99. The minimum absolute atomic E-state index is 0.0541. The van der Waals surface area contributed by atoms with Crippen LogP contribution >= 0.6 is 0 Å². The summed E-state index contributed by atoms with van der Waals surface area (Å²) in [6, 6.07) is 12.6. The smallest absolute Gasteiger partial charge is 0.336 e. The molecule has 0 saturated heterocycles. The Balaban J connectivity index is 1.48. The lowest BCUT2D eigenvalue weighted by Crippen LogP contribution is -2.85. The van der Waals surface area contributed by atoms with Gasteiger partial charge in [0, 0.05) is 23.1 Å². The van der Waals surface area contributed by atoms with Crippen LogP contribution in [0, 0.1) is 0 Å². The number of aryl methyl sites for hydroxylation is 1. The van der Waals surface area contributed by atoms with Crippen molar-refractivity contribution in [3.05, 3.63) is 64.0 Å². The summed E-state index contributed by atoms with van der Waals surface area (Å²) in [5.41, 5.74) is 1.71. The molecule has 1 aromatic heterocycles. The number of nitrogens with two attached hydrogens (primary N) is 1. The van der Waals surface area contributed by atoms with Gasteiger partial charge in [-0.05, 0) is 30.2 Å². The molecule has 3 N–H and O–H groups in total. The highest BCUT2D eigenvalue weighted by molar-refractivity contribution is 5.82. The van der Waals surface area contributed by atoms with Gasteiger partial charge >= 0.3 is 5.63 Å². The third-order valence-electron chi connectivity index (χ3n) is 4.77. The predicted octanol–water partition coefficient (Wildman–Crippen LogP) is 1.96. The summed E-state index contributed by atoms with van der Waals surface area (Å²) in [5.74, 6) is 1.68. The average Bonchev–Trinajstić information content (AvgIpc) is 2.67. The fraction of sp³-hybridized carbons (Fsp3) is 0.286. The van der Waals surface area contributed by atoms with Gasteiger partial charge in [-0.2, -0.15) is 0 Å². The second kappa shape index (κ2) is 7.32. The molecule has 0 amide bonds. The zero-order chi connectivity index (χ0) is 18.8. The number of hydrogen-bond acceptors (Lipinski definition) is 5. The van der Waals surface area contributed by atoms with E-state index >= 15 is 0 Å². The van der Waals surface area contributed by atoms with Crippen LogP contribution < -0.4 is 20.4 Å². The van der Waals surface area contributed by atoms with Crippen molar-refractivity contribution in [3.8, 4) is 17.2 Å². The Morgan fingerprint density at radius 1 is 1.15 bits per heavy atom. The lowest BCUT2D eigenvalue weighted by molar-refractivity contribution is -0.675. The van der Waals surface area contributed by atoms with E-state index in [0.29, 0.717) is 31.7 Å². The number of phenolic OH excluding ortho intramolecular Hbond substituents is 1. The van der Waals surface area contributed by atoms with Crippen molar-refractivity contribution >= 4 is 11.0 Å². The zero-order valence-corrected chi connectivity index (χ0v) is 15.1. The molecule has 0 bridgehead atoms. The fourth-order valence-corrected chi connectivity index (χ4v) is 3.36. The average molecular weight is 368 g/mol. The van der Waals surface area contributed by atoms with Crippen molar-refractivity contribution in [1.29, 1.82) is 0 Å². The molecule has 0 fully saturated rings. The zero-order valence-electron chi connectivity index (χ0n) is 15.1. The lowest BCUT2D eigenvalue weighted by Gasteiger charge is -2.25. The molecule has 0 spiro atoms. The number of hydrogen-bond donors (Lipinski definition) is 2. The van der Waals surface area contributed by atoms with Crippen molar-refractivity contribution in [2.75, 3.05) is 13.2 Å². The maximum absolute atomic E-state index is 11.9. The molecular formula is C21H22NO5+. The highest BCUT2D eigenvalue weighted by atomic mass is 16.6. The molecule has 27 heavy (non-hydrogen) atoms. The van der Waals surface area contributed by atoms with Crippen LogP contribution in [0.5, 0.6) is 17.2 Å². The van der Waals surface area contributed by atoms with Gasteiger partial charge in [0.1, 0.15) is 31.0 Å². The second-order valence-corrected chi connectivity index (χ2v) is 6.65. The molecule has 6 nitrogen and oxygen atoms in total. The van der Waals surface area contributed by atoms with Gasteiger partial charge in [0.05, 0.1) is 0 Å². The molecule has 1 aliphatic rings. The predicted molar refractivity (Wildman–Crippen MR) is 100 cm³/mol. The Morgan fingerprint density at radius 2 is 1.96 bits per heavy atom. The number of para-hydroxylation sites is 2. The first-order valence-electron chi connectivity index (χ1n) is 9.13. The van der Waals surface area contributed by atoms with Gasteiger partial charge in [0.15, 0.2) is 17.6 Å². The van der Waals surface area contributed by atoms with Crippen molar-refractivity contribution in [3.63, 3.8) is 0 Å². The molecule has 1 aliphatic heterocycles. The summed E-state index contributed by atoms with van der Waals surface area (Å²) >= 11 is 0. The maximum Gasteiger partial charge on any atom is 0.336 e. The first kappa shape index (κ1) is 17.4. The van der Waals surface area contributed by atoms with E-state index in [0.717, 1.165) is 28.0 Å². The van der Waals surface area contributed by atoms with E-state index < -0.39 is 5.63 Å². The molecule has 4 rings (SSSR count). The van der Waals surface area contributed by atoms with Crippen LogP contribution in [0.4, 0.5) is 0 Å². The van der Waals surface area contributed by atoms with Gasteiger partial charge in [-0.1, -0.05) is 19.1 Å². The van der Waals surface area contributed by atoms with Crippen LogP contribution in [0.1, 0.15) is 18.1 Å². The molecule has 0 unspecified atom stereocenters. The van der Waals surface area contributed by atoms with E-state index in [9.17, 15) is 9.90 Å².